The van der Waals surface area contributed by atoms with Gasteiger partial charge in [0, 0.05) is 6.07 Å². The molecule has 0 fully saturated rings. The topological polar surface area (TPSA) is 89.8 Å². The third kappa shape index (κ3) is 4.21. The van der Waals surface area contributed by atoms with E-state index in [1.807, 2.05) is 0 Å². The highest BCUT2D eigenvalue weighted by Gasteiger charge is 2.28. The first kappa shape index (κ1) is 19.0. The van der Waals surface area contributed by atoms with Crippen LogP contribution in [0.3, 0.4) is 0 Å². The summed E-state index contributed by atoms with van der Waals surface area (Å²) in [5.41, 5.74) is 0.634. The van der Waals surface area contributed by atoms with E-state index in [1.165, 1.54) is 26.2 Å². The van der Waals surface area contributed by atoms with Gasteiger partial charge in [-0.1, -0.05) is 24.3 Å². The van der Waals surface area contributed by atoms with Gasteiger partial charge in [-0.2, -0.15) is 0 Å². The molecule has 0 amide bonds. The summed E-state index contributed by atoms with van der Waals surface area (Å²) in [7, 11) is -2.51. The summed E-state index contributed by atoms with van der Waals surface area (Å²) >= 11 is 5.85. The van der Waals surface area contributed by atoms with Crippen LogP contribution in [0.1, 0.15) is 12.5 Å². The monoisotopic (exact) mass is 384 g/mol. The van der Waals surface area contributed by atoms with Crippen molar-refractivity contribution in [3.05, 3.63) is 64.2 Å². The van der Waals surface area contributed by atoms with Gasteiger partial charge in [0.05, 0.1) is 24.3 Å². The predicted molar refractivity (Wildman–Crippen MR) is 96.5 cm³/mol. The van der Waals surface area contributed by atoms with E-state index < -0.39 is 19.7 Å². The third-order valence-corrected chi connectivity index (χ3v) is 5.98. The second-order valence-electron chi connectivity index (χ2n) is 5.19. The van der Waals surface area contributed by atoms with Gasteiger partial charge in [-0.15, -0.1) is 11.6 Å². The molecule has 9 heteroatoms. The molecule has 0 bridgehead atoms. The minimum atomic E-state index is -3.84. The number of nitro groups is 1. The SMILES string of the molecule is COc1ccc(CN(c2ccccc2)S(=O)(=O)C(C)Cl)cc1[N+](=O)[O-]. The van der Waals surface area contributed by atoms with Gasteiger partial charge in [-0.3, -0.25) is 14.4 Å². The number of halogens is 1. The van der Waals surface area contributed by atoms with Gasteiger partial charge in [0.25, 0.3) is 10.0 Å². The number of para-hydroxylation sites is 1. The first-order valence-electron chi connectivity index (χ1n) is 7.29. The van der Waals surface area contributed by atoms with Crippen molar-refractivity contribution in [1.82, 2.24) is 0 Å². The number of benzene rings is 2. The van der Waals surface area contributed by atoms with Crippen molar-refractivity contribution >= 4 is 33.0 Å². The Morgan fingerprint density at radius 2 is 1.88 bits per heavy atom. The van der Waals surface area contributed by atoms with Gasteiger partial charge in [0.2, 0.25) is 0 Å². The van der Waals surface area contributed by atoms with Crippen LogP contribution in [0.25, 0.3) is 0 Å². The number of anilines is 1. The van der Waals surface area contributed by atoms with E-state index in [0.717, 1.165) is 4.31 Å². The summed E-state index contributed by atoms with van der Waals surface area (Å²) in [6, 6.07) is 12.7. The normalized spacial score (nSPS) is 12.4. The predicted octanol–water partition coefficient (Wildman–Crippen LogP) is 3.52. The Morgan fingerprint density at radius 1 is 1.24 bits per heavy atom. The number of ether oxygens (including phenoxy) is 1. The van der Waals surface area contributed by atoms with Gasteiger partial charge >= 0.3 is 5.69 Å². The Morgan fingerprint density at radius 3 is 2.40 bits per heavy atom. The fourth-order valence-electron chi connectivity index (χ4n) is 2.24. The van der Waals surface area contributed by atoms with E-state index in [2.05, 4.69) is 0 Å². The zero-order valence-corrected chi connectivity index (χ0v) is 15.2. The van der Waals surface area contributed by atoms with Gasteiger partial charge in [0.1, 0.15) is 0 Å². The maximum Gasteiger partial charge on any atom is 0.311 e. The van der Waals surface area contributed by atoms with E-state index in [1.54, 1.807) is 36.4 Å². The standard InChI is InChI=1S/C16H17ClN2O5S/c1-12(17)25(22,23)18(14-6-4-3-5-7-14)11-13-8-9-16(24-2)15(10-13)19(20)21/h3-10,12H,11H2,1-2H3. The minimum absolute atomic E-state index is 0.0890. The van der Waals surface area contributed by atoms with E-state index in [0.29, 0.717) is 11.3 Å². The lowest BCUT2D eigenvalue weighted by molar-refractivity contribution is -0.385. The van der Waals surface area contributed by atoms with Crippen LogP contribution in [0.5, 0.6) is 5.75 Å². The summed E-state index contributed by atoms with van der Waals surface area (Å²) in [6.45, 7) is 1.28. The molecule has 0 heterocycles. The molecule has 0 saturated heterocycles. The number of methoxy groups -OCH3 is 1. The zero-order valence-electron chi connectivity index (χ0n) is 13.6. The number of sulfonamides is 1. The summed E-state index contributed by atoms with van der Waals surface area (Å²) in [5.74, 6) is 0.105. The molecule has 0 aliphatic carbocycles. The maximum atomic E-state index is 12.6. The van der Waals surface area contributed by atoms with Crippen molar-refractivity contribution in [2.75, 3.05) is 11.4 Å². The highest BCUT2D eigenvalue weighted by molar-refractivity contribution is 7.94. The Kier molecular flexibility index (Phi) is 5.86. The van der Waals surface area contributed by atoms with E-state index >= 15 is 0 Å². The Hall–Kier alpha value is -2.32. The Labute approximate surface area is 151 Å². The molecule has 0 spiro atoms. The van der Waals surface area contributed by atoms with Crippen LogP contribution in [0.2, 0.25) is 0 Å². The van der Waals surface area contributed by atoms with Crippen molar-refractivity contribution in [3.8, 4) is 5.75 Å². The quantitative estimate of drug-likeness (QED) is 0.414. The summed E-state index contributed by atoms with van der Waals surface area (Å²) in [4.78, 5) is 10.6. The van der Waals surface area contributed by atoms with Crippen LogP contribution in [0, 0.1) is 10.1 Å². The van der Waals surface area contributed by atoms with Crippen molar-refractivity contribution in [2.45, 2.75) is 18.2 Å². The number of hydrogen-bond acceptors (Lipinski definition) is 5. The zero-order chi connectivity index (χ0) is 18.6. The van der Waals surface area contributed by atoms with Gasteiger partial charge in [-0.05, 0) is 30.7 Å². The first-order chi connectivity index (χ1) is 11.8. The lowest BCUT2D eigenvalue weighted by Crippen LogP contribution is -2.35. The molecular weight excluding hydrogens is 368 g/mol. The molecule has 1 atom stereocenters. The molecule has 134 valence electrons. The van der Waals surface area contributed by atoms with Crippen LogP contribution in [0.4, 0.5) is 11.4 Å². The van der Waals surface area contributed by atoms with E-state index in [-0.39, 0.29) is 18.0 Å². The summed E-state index contributed by atoms with van der Waals surface area (Å²) in [6.07, 6.45) is 0. The molecule has 7 nitrogen and oxygen atoms in total. The lowest BCUT2D eigenvalue weighted by Gasteiger charge is -2.25. The van der Waals surface area contributed by atoms with Crippen LogP contribution < -0.4 is 9.04 Å². The van der Waals surface area contributed by atoms with Crippen LogP contribution >= 0.6 is 11.6 Å². The molecule has 2 aromatic rings. The average Bonchev–Trinajstić information content (AvgIpc) is 2.59. The molecule has 0 saturated carbocycles. The number of nitrogens with zero attached hydrogens (tertiary/aromatic N) is 2. The highest BCUT2D eigenvalue weighted by atomic mass is 35.5. The molecule has 0 aliphatic heterocycles. The van der Waals surface area contributed by atoms with Gasteiger partial charge in [0.15, 0.2) is 10.5 Å². The van der Waals surface area contributed by atoms with E-state index in [9.17, 15) is 18.5 Å². The molecular formula is C16H17ClN2O5S. The molecule has 0 aromatic heterocycles. The smallest absolute Gasteiger partial charge is 0.311 e. The highest BCUT2D eigenvalue weighted by Crippen LogP contribution is 2.30. The van der Waals surface area contributed by atoms with Crippen LogP contribution in [-0.4, -0.2) is 25.2 Å². The van der Waals surface area contributed by atoms with Crippen LogP contribution in [0.15, 0.2) is 48.5 Å². The van der Waals surface area contributed by atoms with E-state index in [4.69, 9.17) is 16.3 Å². The second kappa shape index (κ2) is 7.71. The Balaban J connectivity index is 2.48. The van der Waals surface area contributed by atoms with Crippen molar-refractivity contribution < 1.29 is 18.1 Å². The third-order valence-electron chi connectivity index (χ3n) is 3.53. The number of nitro benzene ring substituents is 1. The molecule has 2 rings (SSSR count). The molecule has 0 radical (unpaired) electrons. The number of alkyl halides is 1. The minimum Gasteiger partial charge on any atom is -0.490 e. The molecule has 2 aromatic carbocycles. The fourth-order valence-corrected chi connectivity index (χ4v) is 3.62. The molecule has 0 N–H and O–H groups in total. The largest absolute Gasteiger partial charge is 0.490 e. The number of hydrogen-bond donors (Lipinski definition) is 0. The summed E-state index contributed by atoms with van der Waals surface area (Å²) < 4.78 is 30.2. The lowest BCUT2D eigenvalue weighted by atomic mass is 10.2. The average molecular weight is 385 g/mol. The van der Waals surface area contributed by atoms with Crippen molar-refractivity contribution in [2.24, 2.45) is 0 Å². The van der Waals surface area contributed by atoms with Gasteiger partial charge < -0.3 is 4.74 Å². The molecule has 0 aliphatic rings. The van der Waals surface area contributed by atoms with Crippen LogP contribution in [-0.2, 0) is 16.6 Å². The number of rotatable bonds is 7. The van der Waals surface area contributed by atoms with Gasteiger partial charge in [-0.25, -0.2) is 8.42 Å². The second-order valence-corrected chi connectivity index (χ2v) is 8.28. The first-order valence-corrected chi connectivity index (χ1v) is 9.23. The maximum absolute atomic E-state index is 12.6. The van der Waals surface area contributed by atoms with Crippen molar-refractivity contribution in [3.63, 3.8) is 0 Å². The van der Waals surface area contributed by atoms with Crippen molar-refractivity contribution in [1.29, 1.82) is 0 Å². The molecule has 25 heavy (non-hydrogen) atoms. The fraction of sp³-hybridized carbons (Fsp3) is 0.250. The Bertz CT molecular complexity index is 856. The molecule has 1 unspecified atom stereocenters. The summed E-state index contributed by atoms with van der Waals surface area (Å²) in [5, 5.41) is 11.2.